The molecule has 0 aliphatic carbocycles. The van der Waals surface area contributed by atoms with E-state index >= 15 is 0 Å². The summed E-state index contributed by atoms with van der Waals surface area (Å²) in [6.45, 7) is 0.480. The van der Waals surface area contributed by atoms with Gasteiger partial charge in [-0.3, -0.25) is 24.5 Å². The summed E-state index contributed by atoms with van der Waals surface area (Å²) in [5.74, 6) is -1.11. The fourth-order valence-corrected chi connectivity index (χ4v) is 2.53. The molecule has 1 aromatic carbocycles. The first-order valence-corrected chi connectivity index (χ1v) is 7.51. The Morgan fingerprint density at radius 1 is 1.46 bits per heavy atom. The van der Waals surface area contributed by atoms with E-state index in [0.717, 1.165) is 0 Å². The number of carbonyl (C=O) groups is 4. The van der Waals surface area contributed by atoms with Crippen molar-refractivity contribution in [2.75, 3.05) is 20.2 Å². The van der Waals surface area contributed by atoms with Crippen LogP contribution in [0.4, 0.5) is 0 Å². The minimum Gasteiger partial charge on any atom is -0.492 e. The number of rotatable bonds is 6. The monoisotopic (exact) mass is 333 g/mol. The number of piperidine rings is 1. The highest BCUT2D eigenvalue weighted by Crippen LogP contribution is 2.23. The molecule has 0 saturated carbocycles. The molecular formula is C16H19N3O5. The Balaban J connectivity index is 2.26. The van der Waals surface area contributed by atoms with E-state index in [1.165, 1.54) is 18.0 Å². The van der Waals surface area contributed by atoms with E-state index in [1.54, 1.807) is 12.1 Å². The molecule has 1 saturated heterocycles. The molecular weight excluding hydrogens is 314 g/mol. The van der Waals surface area contributed by atoms with Gasteiger partial charge in [-0.2, -0.15) is 0 Å². The molecule has 0 bridgehead atoms. The Kier molecular flexibility index (Phi) is 5.64. The zero-order valence-corrected chi connectivity index (χ0v) is 13.3. The number of nitrogens with one attached hydrogen (secondary N) is 1. The highest BCUT2D eigenvalue weighted by atomic mass is 16.5. The zero-order chi connectivity index (χ0) is 17.7. The summed E-state index contributed by atoms with van der Waals surface area (Å²) in [5.41, 5.74) is 5.62. The molecule has 8 heteroatoms. The van der Waals surface area contributed by atoms with E-state index in [9.17, 15) is 19.2 Å². The van der Waals surface area contributed by atoms with Gasteiger partial charge >= 0.3 is 0 Å². The third-order valence-electron chi connectivity index (χ3n) is 3.79. The molecule has 1 unspecified atom stereocenters. The number of hydrogen-bond donors (Lipinski definition) is 2. The van der Waals surface area contributed by atoms with Gasteiger partial charge in [0.25, 0.3) is 5.91 Å². The lowest BCUT2D eigenvalue weighted by Gasteiger charge is -2.30. The number of benzene rings is 1. The summed E-state index contributed by atoms with van der Waals surface area (Å²) in [7, 11) is 1.46. The van der Waals surface area contributed by atoms with Crippen LogP contribution in [0.1, 0.15) is 33.6 Å². The van der Waals surface area contributed by atoms with Gasteiger partial charge in [0.2, 0.25) is 11.8 Å². The van der Waals surface area contributed by atoms with Crippen LogP contribution in [0.25, 0.3) is 0 Å². The summed E-state index contributed by atoms with van der Waals surface area (Å²) in [4.78, 5) is 48.5. The zero-order valence-electron chi connectivity index (χ0n) is 13.3. The second-order valence-corrected chi connectivity index (χ2v) is 5.36. The number of aldehydes is 1. The van der Waals surface area contributed by atoms with Crippen LogP contribution in [0.5, 0.6) is 5.75 Å². The number of ether oxygens (including phenoxy) is 1. The summed E-state index contributed by atoms with van der Waals surface area (Å²) in [6, 6.07) is 3.89. The highest BCUT2D eigenvalue weighted by Gasteiger charge is 2.33. The van der Waals surface area contributed by atoms with Gasteiger partial charge in [0.15, 0.2) is 6.29 Å². The van der Waals surface area contributed by atoms with Crippen LogP contribution >= 0.6 is 0 Å². The molecule has 1 aromatic rings. The topological polar surface area (TPSA) is 119 Å². The average Bonchev–Trinajstić information content (AvgIpc) is 2.58. The molecule has 1 aliphatic heterocycles. The molecule has 0 radical (unpaired) electrons. The molecule has 3 amide bonds. The quantitative estimate of drug-likeness (QED) is 0.546. The highest BCUT2D eigenvalue weighted by molar-refractivity contribution is 6.06. The molecule has 1 atom stereocenters. The Labute approximate surface area is 138 Å². The third kappa shape index (κ3) is 3.60. The van der Waals surface area contributed by atoms with Gasteiger partial charge in [-0.05, 0) is 18.6 Å². The number of nitrogens with zero attached hydrogens (tertiary/aromatic N) is 1. The van der Waals surface area contributed by atoms with Crippen molar-refractivity contribution in [2.24, 2.45) is 5.73 Å². The van der Waals surface area contributed by atoms with Gasteiger partial charge in [-0.25, -0.2) is 0 Å². The van der Waals surface area contributed by atoms with E-state index in [2.05, 4.69) is 5.32 Å². The lowest BCUT2D eigenvalue weighted by molar-refractivity contribution is -0.136. The number of imide groups is 1. The minimum absolute atomic E-state index is 0.107. The maximum Gasteiger partial charge on any atom is 0.255 e. The molecule has 0 aromatic heterocycles. The van der Waals surface area contributed by atoms with E-state index in [-0.39, 0.29) is 48.8 Å². The smallest absolute Gasteiger partial charge is 0.255 e. The lowest BCUT2D eigenvalue weighted by Crippen LogP contribution is -2.53. The van der Waals surface area contributed by atoms with Gasteiger partial charge in [-0.15, -0.1) is 0 Å². The molecule has 24 heavy (non-hydrogen) atoms. The van der Waals surface area contributed by atoms with Crippen molar-refractivity contribution in [3.8, 4) is 5.75 Å². The fraction of sp³-hybridized carbons (Fsp3) is 0.375. The van der Waals surface area contributed by atoms with Crippen molar-refractivity contribution in [1.29, 1.82) is 0 Å². The first-order valence-electron chi connectivity index (χ1n) is 7.51. The van der Waals surface area contributed by atoms with Gasteiger partial charge < -0.3 is 15.4 Å². The molecule has 2 rings (SSSR count). The summed E-state index contributed by atoms with van der Waals surface area (Å²) >= 11 is 0. The van der Waals surface area contributed by atoms with Crippen molar-refractivity contribution in [2.45, 2.75) is 18.9 Å². The van der Waals surface area contributed by atoms with Gasteiger partial charge in [0.1, 0.15) is 18.4 Å². The number of hydrogen-bond acceptors (Lipinski definition) is 6. The van der Waals surface area contributed by atoms with Gasteiger partial charge in [0.05, 0.1) is 11.1 Å². The van der Waals surface area contributed by atoms with Crippen molar-refractivity contribution in [3.05, 3.63) is 29.3 Å². The number of likely N-dealkylation sites (N-methyl/N-ethyl adjacent to an activating group) is 1. The standard InChI is InChI=1S/C16H19N3O5/c1-19(12-5-6-14(21)18-15(12)22)16(23)10-3-2-4-13(11(10)9-20)24-8-7-17/h2-4,9,12H,5-8,17H2,1H3,(H,18,21,22). The summed E-state index contributed by atoms with van der Waals surface area (Å²) in [5, 5.41) is 2.20. The Bertz CT molecular complexity index is 674. The second-order valence-electron chi connectivity index (χ2n) is 5.36. The number of amides is 3. The second kappa shape index (κ2) is 7.69. The van der Waals surface area contributed by atoms with Crippen LogP contribution in [0.2, 0.25) is 0 Å². The Morgan fingerprint density at radius 2 is 2.21 bits per heavy atom. The predicted molar refractivity (Wildman–Crippen MR) is 84.6 cm³/mol. The SMILES string of the molecule is CN(C(=O)c1cccc(OCCN)c1C=O)C1CCC(=O)NC1=O. The van der Waals surface area contributed by atoms with E-state index in [0.29, 0.717) is 6.29 Å². The molecule has 8 nitrogen and oxygen atoms in total. The Morgan fingerprint density at radius 3 is 2.83 bits per heavy atom. The van der Waals surface area contributed by atoms with Gasteiger partial charge in [0, 0.05) is 20.0 Å². The predicted octanol–water partition coefficient (Wildman–Crippen LogP) is -0.286. The third-order valence-corrected chi connectivity index (χ3v) is 3.79. The van der Waals surface area contributed by atoms with E-state index < -0.39 is 17.9 Å². The van der Waals surface area contributed by atoms with Crippen molar-refractivity contribution in [3.63, 3.8) is 0 Å². The van der Waals surface area contributed by atoms with Gasteiger partial charge in [-0.1, -0.05) is 6.07 Å². The molecule has 1 heterocycles. The van der Waals surface area contributed by atoms with Crippen LogP contribution in [-0.2, 0) is 9.59 Å². The largest absolute Gasteiger partial charge is 0.492 e. The lowest BCUT2D eigenvalue weighted by atomic mass is 10.0. The van der Waals surface area contributed by atoms with Crippen molar-refractivity contribution in [1.82, 2.24) is 10.2 Å². The van der Waals surface area contributed by atoms with Crippen LogP contribution in [0.15, 0.2) is 18.2 Å². The van der Waals surface area contributed by atoms with E-state index in [1.807, 2.05) is 0 Å². The minimum atomic E-state index is -0.761. The summed E-state index contributed by atoms with van der Waals surface area (Å²) < 4.78 is 5.38. The maximum absolute atomic E-state index is 12.7. The van der Waals surface area contributed by atoms with Crippen molar-refractivity contribution >= 4 is 24.0 Å². The van der Waals surface area contributed by atoms with Crippen LogP contribution in [0.3, 0.4) is 0 Å². The van der Waals surface area contributed by atoms with Crippen LogP contribution in [-0.4, -0.2) is 55.1 Å². The van der Waals surface area contributed by atoms with E-state index in [4.69, 9.17) is 10.5 Å². The first kappa shape index (κ1) is 17.6. The molecule has 0 spiro atoms. The van der Waals surface area contributed by atoms with Crippen LogP contribution in [0, 0.1) is 0 Å². The number of nitrogens with two attached hydrogens (primary N) is 1. The number of carbonyl (C=O) groups excluding carboxylic acids is 4. The summed E-state index contributed by atoms with van der Waals surface area (Å²) in [6.07, 6.45) is 0.943. The average molecular weight is 333 g/mol. The normalized spacial score (nSPS) is 17.2. The molecule has 3 N–H and O–H groups in total. The maximum atomic E-state index is 12.7. The molecule has 1 fully saturated rings. The molecule has 128 valence electrons. The van der Waals surface area contributed by atoms with Crippen LogP contribution < -0.4 is 15.8 Å². The first-order chi connectivity index (χ1) is 11.5. The fourth-order valence-electron chi connectivity index (χ4n) is 2.53. The molecule has 1 aliphatic rings. The van der Waals surface area contributed by atoms with Crippen molar-refractivity contribution < 1.29 is 23.9 Å². The Hall–Kier alpha value is -2.74.